The number of hydrogen-bond donors (Lipinski definition) is 1. The third kappa shape index (κ3) is 2.04. The molecule has 2 aromatic rings. The maximum absolute atomic E-state index is 11.4. The van der Waals surface area contributed by atoms with Gasteiger partial charge in [-0.2, -0.15) is 9.78 Å². The van der Waals surface area contributed by atoms with E-state index in [-0.39, 0.29) is 18.3 Å². The average molecular weight is 248 g/mol. The quantitative estimate of drug-likeness (QED) is 0.814. The van der Waals surface area contributed by atoms with Gasteiger partial charge < -0.3 is 9.84 Å². The molecule has 0 amide bonds. The molecule has 0 aliphatic heterocycles. The fraction of sp³-hybridized carbons (Fsp3) is 0.250. The number of phenolic OH excluding ortho intramolecular Hbond substituents is 1. The van der Waals surface area contributed by atoms with Crippen LogP contribution >= 0.6 is 0 Å². The summed E-state index contributed by atoms with van der Waals surface area (Å²) in [6.45, 7) is 2.57. The SMILES string of the molecule is CC(=O)OCc1nn(C(C)=O)c2cccc(O)c12. The van der Waals surface area contributed by atoms with E-state index in [1.807, 2.05) is 0 Å². The molecule has 0 aliphatic rings. The van der Waals surface area contributed by atoms with Gasteiger partial charge in [-0.25, -0.2) is 0 Å². The van der Waals surface area contributed by atoms with Crippen LogP contribution in [0.5, 0.6) is 5.75 Å². The Balaban J connectivity index is 2.58. The molecule has 0 aliphatic carbocycles. The highest BCUT2D eigenvalue weighted by Gasteiger charge is 2.16. The summed E-state index contributed by atoms with van der Waals surface area (Å²) in [5.41, 5.74) is 0.846. The summed E-state index contributed by atoms with van der Waals surface area (Å²) < 4.78 is 6.02. The van der Waals surface area contributed by atoms with E-state index in [1.54, 1.807) is 12.1 Å². The van der Waals surface area contributed by atoms with Gasteiger partial charge in [-0.15, -0.1) is 0 Å². The lowest BCUT2D eigenvalue weighted by molar-refractivity contribution is -0.142. The maximum Gasteiger partial charge on any atom is 0.303 e. The van der Waals surface area contributed by atoms with Crippen molar-refractivity contribution in [3.8, 4) is 5.75 Å². The van der Waals surface area contributed by atoms with E-state index < -0.39 is 5.97 Å². The van der Waals surface area contributed by atoms with E-state index in [0.717, 1.165) is 0 Å². The van der Waals surface area contributed by atoms with Crippen LogP contribution in [0.4, 0.5) is 0 Å². The highest BCUT2D eigenvalue weighted by atomic mass is 16.5. The Kier molecular flexibility index (Phi) is 3.01. The molecule has 1 heterocycles. The van der Waals surface area contributed by atoms with Crippen molar-refractivity contribution in [1.29, 1.82) is 0 Å². The number of aromatic nitrogens is 2. The highest BCUT2D eigenvalue weighted by molar-refractivity contribution is 5.94. The number of ether oxygens (including phenoxy) is 1. The van der Waals surface area contributed by atoms with Crippen molar-refractivity contribution in [2.45, 2.75) is 20.5 Å². The number of carbonyl (C=O) groups is 2. The van der Waals surface area contributed by atoms with Crippen LogP contribution < -0.4 is 0 Å². The van der Waals surface area contributed by atoms with Crippen LogP contribution in [0.15, 0.2) is 18.2 Å². The number of aromatic hydroxyl groups is 1. The number of fused-ring (bicyclic) bond motifs is 1. The first-order valence-electron chi connectivity index (χ1n) is 5.34. The van der Waals surface area contributed by atoms with Gasteiger partial charge in [0.15, 0.2) is 0 Å². The molecule has 0 atom stereocenters. The first-order valence-corrected chi connectivity index (χ1v) is 5.34. The van der Waals surface area contributed by atoms with Crippen LogP contribution in [0.2, 0.25) is 0 Å². The van der Waals surface area contributed by atoms with Gasteiger partial charge in [-0.05, 0) is 12.1 Å². The molecule has 2 rings (SSSR count). The molecule has 1 N–H and O–H groups in total. The number of phenols is 1. The van der Waals surface area contributed by atoms with E-state index in [9.17, 15) is 14.7 Å². The molecule has 1 aromatic heterocycles. The van der Waals surface area contributed by atoms with E-state index in [2.05, 4.69) is 5.10 Å². The summed E-state index contributed by atoms with van der Waals surface area (Å²) in [5, 5.41) is 14.3. The number of esters is 1. The first-order chi connectivity index (χ1) is 8.50. The number of nitrogens with zero attached hydrogens (tertiary/aromatic N) is 2. The second-order valence-electron chi connectivity index (χ2n) is 3.83. The van der Waals surface area contributed by atoms with E-state index in [0.29, 0.717) is 16.6 Å². The lowest BCUT2D eigenvalue weighted by Gasteiger charge is -1.99. The molecule has 0 bridgehead atoms. The van der Waals surface area contributed by atoms with Gasteiger partial charge in [-0.3, -0.25) is 9.59 Å². The van der Waals surface area contributed by atoms with Gasteiger partial charge in [-0.1, -0.05) is 6.07 Å². The third-order valence-corrected chi connectivity index (χ3v) is 2.47. The number of benzene rings is 1. The van der Waals surface area contributed by atoms with Crippen LogP contribution in [-0.2, 0) is 16.1 Å². The zero-order valence-electron chi connectivity index (χ0n) is 10.0. The van der Waals surface area contributed by atoms with E-state index >= 15 is 0 Å². The first kappa shape index (κ1) is 12.1. The summed E-state index contributed by atoms with van der Waals surface area (Å²) in [5.74, 6) is -0.724. The molecule has 0 radical (unpaired) electrons. The van der Waals surface area contributed by atoms with Gasteiger partial charge in [0.1, 0.15) is 18.1 Å². The van der Waals surface area contributed by atoms with Crippen molar-refractivity contribution in [1.82, 2.24) is 9.78 Å². The molecule has 18 heavy (non-hydrogen) atoms. The summed E-state index contributed by atoms with van der Waals surface area (Å²) in [7, 11) is 0. The maximum atomic E-state index is 11.4. The predicted molar refractivity (Wildman–Crippen MR) is 63.2 cm³/mol. The summed E-state index contributed by atoms with van der Waals surface area (Å²) >= 11 is 0. The molecule has 6 heteroatoms. The molecule has 6 nitrogen and oxygen atoms in total. The molecule has 0 fully saturated rings. The number of hydrogen-bond acceptors (Lipinski definition) is 5. The topological polar surface area (TPSA) is 81.4 Å². The molecular formula is C12H12N2O4. The van der Waals surface area contributed by atoms with Crippen LogP contribution in [0.25, 0.3) is 10.9 Å². The summed E-state index contributed by atoms with van der Waals surface area (Å²) in [6.07, 6.45) is 0. The smallest absolute Gasteiger partial charge is 0.303 e. The fourth-order valence-electron chi connectivity index (χ4n) is 1.74. The Bertz CT molecular complexity index is 630. The Morgan fingerprint density at radius 1 is 1.39 bits per heavy atom. The molecule has 0 saturated heterocycles. The van der Waals surface area contributed by atoms with Crippen LogP contribution in [0.3, 0.4) is 0 Å². The zero-order chi connectivity index (χ0) is 13.3. The minimum Gasteiger partial charge on any atom is -0.507 e. The highest BCUT2D eigenvalue weighted by Crippen LogP contribution is 2.28. The van der Waals surface area contributed by atoms with Crippen LogP contribution in [-0.4, -0.2) is 26.8 Å². The van der Waals surface area contributed by atoms with Crippen LogP contribution in [0.1, 0.15) is 24.3 Å². The summed E-state index contributed by atoms with van der Waals surface area (Å²) in [6, 6.07) is 4.78. The van der Waals surface area contributed by atoms with Crippen LogP contribution in [0, 0.1) is 0 Å². The largest absolute Gasteiger partial charge is 0.507 e. The standard InChI is InChI=1S/C12H12N2O4/c1-7(15)14-10-4-3-5-11(17)12(10)9(13-14)6-18-8(2)16/h3-5,17H,6H2,1-2H3. The molecule has 0 spiro atoms. The molecule has 0 unspecified atom stereocenters. The lowest BCUT2D eigenvalue weighted by Crippen LogP contribution is -2.08. The Morgan fingerprint density at radius 2 is 2.11 bits per heavy atom. The molecule has 1 aromatic carbocycles. The van der Waals surface area contributed by atoms with Crippen molar-refractivity contribution >= 4 is 22.8 Å². The average Bonchev–Trinajstić information content (AvgIpc) is 2.67. The van der Waals surface area contributed by atoms with Crippen molar-refractivity contribution in [2.24, 2.45) is 0 Å². The van der Waals surface area contributed by atoms with E-state index in [1.165, 1.54) is 24.6 Å². The van der Waals surface area contributed by atoms with E-state index in [4.69, 9.17) is 4.74 Å². The Hall–Kier alpha value is -2.37. The predicted octanol–water partition coefficient (Wildman–Crippen LogP) is 1.47. The van der Waals surface area contributed by atoms with Gasteiger partial charge in [0, 0.05) is 13.8 Å². The van der Waals surface area contributed by atoms with Gasteiger partial charge in [0.05, 0.1) is 10.9 Å². The minimum atomic E-state index is -0.448. The monoisotopic (exact) mass is 248 g/mol. The van der Waals surface area contributed by atoms with Gasteiger partial charge >= 0.3 is 5.97 Å². The van der Waals surface area contributed by atoms with Crippen molar-refractivity contribution in [3.05, 3.63) is 23.9 Å². The number of carbonyl (C=O) groups excluding carboxylic acids is 2. The molecular weight excluding hydrogens is 236 g/mol. The fourth-order valence-corrected chi connectivity index (χ4v) is 1.74. The minimum absolute atomic E-state index is 0.00199. The Morgan fingerprint density at radius 3 is 2.72 bits per heavy atom. The van der Waals surface area contributed by atoms with Crippen molar-refractivity contribution < 1.29 is 19.4 Å². The second-order valence-corrected chi connectivity index (χ2v) is 3.83. The zero-order valence-corrected chi connectivity index (χ0v) is 10.0. The second kappa shape index (κ2) is 4.48. The Labute approximate surface area is 103 Å². The molecule has 0 saturated carbocycles. The third-order valence-electron chi connectivity index (χ3n) is 2.47. The normalized spacial score (nSPS) is 10.6. The molecule has 94 valence electrons. The van der Waals surface area contributed by atoms with Gasteiger partial charge in [0.25, 0.3) is 0 Å². The van der Waals surface area contributed by atoms with Gasteiger partial charge in [0.2, 0.25) is 5.91 Å². The van der Waals surface area contributed by atoms with Crippen molar-refractivity contribution in [3.63, 3.8) is 0 Å². The number of rotatable bonds is 2. The van der Waals surface area contributed by atoms with Crippen molar-refractivity contribution in [2.75, 3.05) is 0 Å². The summed E-state index contributed by atoms with van der Waals surface area (Å²) in [4.78, 5) is 22.2. The lowest BCUT2D eigenvalue weighted by atomic mass is 10.2.